The number of carbonyl (C=O) groups excluding carboxylic acids is 2. The molecule has 2 aliphatic rings. The zero-order valence-electron chi connectivity index (χ0n) is 16.1. The number of benzene rings is 1. The van der Waals surface area contributed by atoms with Crippen molar-refractivity contribution in [2.45, 2.75) is 25.8 Å². The van der Waals surface area contributed by atoms with Gasteiger partial charge in [0.05, 0.1) is 11.6 Å². The Hall–Kier alpha value is -3.66. The highest BCUT2D eigenvalue weighted by molar-refractivity contribution is 5.96. The number of aromatic nitrogens is 1. The summed E-state index contributed by atoms with van der Waals surface area (Å²) in [6, 6.07) is 11.7. The lowest BCUT2D eigenvalue weighted by molar-refractivity contribution is 0.173. The maximum Gasteiger partial charge on any atom is 0.330 e. The first-order valence-corrected chi connectivity index (χ1v) is 9.57. The third-order valence-corrected chi connectivity index (χ3v) is 5.22. The van der Waals surface area contributed by atoms with E-state index in [-0.39, 0.29) is 0 Å². The van der Waals surface area contributed by atoms with Gasteiger partial charge >= 0.3 is 12.1 Å². The maximum absolute atomic E-state index is 12.9. The molecule has 1 fully saturated rings. The molecular formula is C22H21N5O2. The lowest BCUT2D eigenvalue weighted by Crippen LogP contribution is -2.53. The quantitative estimate of drug-likeness (QED) is 0.835. The lowest BCUT2D eigenvalue weighted by atomic mass is 9.92. The molecule has 4 amide bonds. The highest BCUT2D eigenvalue weighted by Crippen LogP contribution is 2.35. The summed E-state index contributed by atoms with van der Waals surface area (Å²) < 4.78 is 0. The first-order chi connectivity index (χ1) is 14.1. The number of carbonyl (C=O) groups is 2. The Balaban J connectivity index is 1.74. The molecule has 1 atom stereocenters. The predicted molar refractivity (Wildman–Crippen MR) is 107 cm³/mol. The van der Waals surface area contributed by atoms with Crippen molar-refractivity contribution in [2.75, 3.05) is 6.54 Å². The maximum atomic E-state index is 12.9. The zero-order valence-corrected chi connectivity index (χ0v) is 16.1. The van der Waals surface area contributed by atoms with Crippen LogP contribution in [0.1, 0.15) is 31.4 Å². The van der Waals surface area contributed by atoms with Crippen LogP contribution in [0.25, 0.3) is 11.1 Å². The van der Waals surface area contributed by atoms with E-state index < -0.39 is 18.1 Å². The van der Waals surface area contributed by atoms with Crippen LogP contribution in [0.2, 0.25) is 0 Å². The van der Waals surface area contributed by atoms with Crippen LogP contribution in [-0.2, 0) is 0 Å². The van der Waals surface area contributed by atoms with E-state index in [0.717, 1.165) is 28.9 Å². The van der Waals surface area contributed by atoms with Crippen molar-refractivity contribution in [3.05, 3.63) is 65.6 Å². The SMILES string of the molecule is CC1=C(C#N)C(c2cccc(-c3cccnc3)c2)N(C(=O)NCC2CC2)C(=O)N1. The van der Waals surface area contributed by atoms with Crippen molar-refractivity contribution >= 4 is 12.1 Å². The van der Waals surface area contributed by atoms with Gasteiger partial charge in [0, 0.05) is 24.6 Å². The summed E-state index contributed by atoms with van der Waals surface area (Å²) in [5.41, 5.74) is 3.31. The molecule has 1 aliphatic carbocycles. The Morgan fingerprint density at radius 1 is 1.31 bits per heavy atom. The van der Waals surface area contributed by atoms with Crippen molar-refractivity contribution in [2.24, 2.45) is 5.92 Å². The van der Waals surface area contributed by atoms with E-state index >= 15 is 0 Å². The van der Waals surface area contributed by atoms with Gasteiger partial charge in [0.15, 0.2) is 0 Å². The minimum atomic E-state index is -0.787. The van der Waals surface area contributed by atoms with Crippen molar-refractivity contribution in [3.63, 3.8) is 0 Å². The lowest BCUT2D eigenvalue weighted by Gasteiger charge is -2.35. The molecule has 0 saturated heterocycles. The van der Waals surface area contributed by atoms with Gasteiger partial charge in [0.25, 0.3) is 0 Å². The van der Waals surface area contributed by atoms with Crippen LogP contribution in [0.4, 0.5) is 9.59 Å². The number of imide groups is 1. The first kappa shape index (κ1) is 18.7. The Labute approximate surface area is 169 Å². The molecule has 1 aromatic heterocycles. The van der Waals surface area contributed by atoms with Crippen LogP contribution in [0.5, 0.6) is 0 Å². The molecule has 1 aromatic carbocycles. The zero-order chi connectivity index (χ0) is 20.4. The fraction of sp³-hybridized carbons (Fsp3) is 0.273. The standard InChI is InChI=1S/C22H21N5O2/c1-14-19(11-23)20(27(22(29)26-14)21(28)25-12-15-7-8-15)17-5-2-4-16(10-17)18-6-3-9-24-13-18/h2-6,9-10,13,15,20H,7-8,12H2,1H3,(H,25,28)(H,26,29). The molecule has 146 valence electrons. The molecule has 2 N–H and O–H groups in total. The molecule has 2 aromatic rings. The van der Waals surface area contributed by atoms with Gasteiger partial charge in [-0.1, -0.05) is 24.3 Å². The molecule has 7 heteroatoms. The highest BCUT2D eigenvalue weighted by atomic mass is 16.2. The summed E-state index contributed by atoms with van der Waals surface area (Å²) in [7, 11) is 0. The first-order valence-electron chi connectivity index (χ1n) is 9.57. The number of hydrogen-bond donors (Lipinski definition) is 2. The van der Waals surface area contributed by atoms with Gasteiger partial charge in [-0.15, -0.1) is 0 Å². The van der Waals surface area contributed by atoms with Crippen molar-refractivity contribution in [1.29, 1.82) is 5.26 Å². The van der Waals surface area contributed by atoms with Gasteiger partial charge in [-0.05, 0) is 54.5 Å². The van der Waals surface area contributed by atoms with Gasteiger partial charge in [0.2, 0.25) is 0 Å². The average Bonchev–Trinajstić information content (AvgIpc) is 3.57. The normalized spacial score (nSPS) is 18.8. The van der Waals surface area contributed by atoms with E-state index in [2.05, 4.69) is 21.7 Å². The van der Waals surface area contributed by atoms with Crippen LogP contribution in [0.15, 0.2) is 60.1 Å². The molecule has 2 heterocycles. The molecular weight excluding hydrogens is 366 g/mol. The number of nitrogens with one attached hydrogen (secondary N) is 2. The molecule has 1 aliphatic heterocycles. The fourth-order valence-electron chi connectivity index (χ4n) is 3.47. The highest BCUT2D eigenvalue weighted by Gasteiger charge is 2.39. The number of hydrogen-bond acceptors (Lipinski definition) is 4. The fourth-order valence-corrected chi connectivity index (χ4v) is 3.47. The van der Waals surface area contributed by atoms with Crippen LogP contribution >= 0.6 is 0 Å². The van der Waals surface area contributed by atoms with E-state index in [1.165, 1.54) is 0 Å². The van der Waals surface area contributed by atoms with Crippen LogP contribution in [0.3, 0.4) is 0 Å². The van der Waals surface area contributed by atoms with Crippen LogP contribution < -0.4 is 10.6 Å². The summed E-state index contributed by atoms with van der Waals surface area (Å²) in [6.07, 6.45) is 5.63. The summed E-state index contributed by atoms with van der Waals surface area (Å²) in [6.45, 7) is 2.21. The van der Waals surface area contributed by atoms with Gasteiger partial charge < -0.3 is 10.6 Å². The second kappa shape index (κ2) is 7.76. The van der Waals surface area contributed by atoms with Crippen LogP contribution in [0, 0.1) is 17.2 Å². The Bertz CT molecular complexity index is 1020. The Kier molecular flexibility index (Phi) is 5.00. The number of allylic oxidation sites excluding steroid dienone is 1. The summed E-state index contributed by atoms with van der Waals surface area (Å²) in [5, 5.41) is 15.2. The Morgan fingerprint density at radius 2 is 2.10 bits per heavy atom. The van der Waals surface area contributed by atoms with Gasteiger partial charge in [-0.2, -0.15) is 5.26 Å². The van der Waals surface area contributed by atoms with Crippen molar-refractivity contribution in [3.8, 4) is 17.2 Å². The van der Waals surface area contributed by atoms with E-state index in [0.29, 0.717) is 29.3 Å². The largest absolute Gasteiger partial charge is 0.337 e. The smallest absolute Gasteiger partial charge is 0.330 e. The molecule has 4 rings (SSSR count). The van der Waals surface area contributed by atoms with Gasteiger partial charge in [-0.25, -0.2) is 14.5 Å². The van der Waals surface area contributed by atoms with Gasteiger partial charge in [-0.3, -0.25) is 4.98 Å². The number of amides is 4. The molecule has 0 spiro atoms. The van der Waals surface area contributed by atoms with Crippen LogP contribution in [-0.4, -0.2) is 28.5 Å². The molecule has 1 unspecified atom stereocenters. The second-order valence-corrected chi connectivity index (χ2v) is 7.35. The number of urea groups is 2. The van der Waals surface area contributed by atoms with E-state index in [1.54, 1.807) is 19.3 Å². The number of nitriles is 1. The molecule has 29 heavy (non-hydrogen) atoms. The third kappa shape index (κ3) is 3.83. The van der Waals surface area contributed by atoms with Gasteiger partial charge in [0.1, 0.15) is 6.04 Å². The minimum Gasteiger partial charge on any atom is -0.337 e. The molecule has 7 nitrogen and oxygen atoms in total. The molecule has 0 radical (unpaired) electrons. The van der Waals surface area contributed by atoms with Crippen molar-refractivity contribution in [1.82, 2.24) is 20.5 Å². The minimum absolute atomic E-state index is 0.342. The monoisotopic (exact) mass is 387 g/mol. The third-order valence-electron chi connectivity index (χ3n) is 5.22. The molecule has 0 bridgehead atoms. The number of rotatable bonds is 4. The number of pyridine rings is 1. The van der Waals surface area contributed by atoms with E-state index in [1.807, 2.05) is 36.4 Å². The predicted octanol–water partition coefficient (Wildman–Crippen LogP) is 3.73. The van der Waals surface area contributed by atoms with Crippen molar-refractivity contribution < 1.29 is 9.59 Å². The topological polar surface area (TPSA) is 98.1 Å². The molecule has 1 saturated carbocycles. The van der Waals surface area contributed by atoms with E-state index in [4.69, 9.17) is 0 Å². The Morgan fingerprint density at radius 3 is 2.79 bits per heavy atom. The summed E-state index contributed by atoms with van der Waals surface area (Å²) >= 11 is 0. The average molecular weight is 387 g/mol. The van der Waals surface area contributed by atoms with E-state index in [9.17, 15) is 14.9 Å². The summed E-state index contributed by atoms with van der Waals surface area (Å²) in [4.78, 5) is 30.8. The second-order valence-electron chi connectivity index (χ2n) is 7.35. The summed E-state index contributed by atoms with van der Waals surface area (Å²) in [5.74, 6) is 0.479. The number of nitrogens with zero attached hydrogens (tertiary/aromatic N) is 3.